The second-order valence-corrected chi connectivity index (χ2v) is 10.7. The molecule has 1 aliphatic rings. The van der Waals surface area contributed by atoms with Gasteiger partial charge in [-0.05, 0) is 56.4 Å². The first-order valence-electron chi connectivity index (χ1n) is 7.30. The number of carbonyl (C=O) groups excluding carboxylic acids is 1. The van der Waals surface area contributed by atoms with Gasteiger partial charge in [-0.1, -0.05) is 0 Å². The van der Waals surface area contributed by atoms with E-state index < -0.39 is 7.26 Å². The molecule has 1 amide bonds. The van der Waals surface area contributed by atoms with Crippen LogP contribution in [0.5, 0.6) is 0 Å². The first-order chi connectivity index (χ1) is 9.39. The Morgan fingerprint density at radius 2 is 1.75 bits per heavy atom. The van der Waals surface area contributed by atoms with Gasteiger partial charge in [0.25, 0.3) is 5.91 Å². The number of carbonyl (C=O) groups is 1. The van der Waals surface area contributed by atoms with E-state index in [0.717, 1.165) is 16.8 Å². The van der Waals surface area contributed by atoms with Gasteiger partial charge >= 0.3 is 0 Å². The molecule has 0 aromatic heterocycles. The maximum absolute atomic E-state index is 13.3. The third-order valence-electron chi connectivity index (χ3n) is 4.18. The van der Waals surface area contributed by atoms with Crippen LogP contribution in [0.3, 0.4) is 0 Å². The lowest BCUT2D eigenvalue weighted by atomic mass is 10.1. The highest BCUT2D eigenvalue weighted by Gasteiger charge is 2.36. The number of amides is 1. The fraction of sp³-hybridized carbons (Fsp3) is 0.562. The molecule has 0 bridgehead atoms. The normalized spacial score (nSPS) is 17.8. The molecule has 4 heteroatoms. The molecule has 1 aromatic carbocycles. The van der Waals surface area contributed by atoms with Crippen LogP contribution < -0.4 is 5.32 Å². The minimum absolute atomic E-state index is 0.0977. The molecule has 0 saturated carbocycles. The Balaban J connectivity index is 2.05. The molecule has 0 aliphatic carbocycles. The quantitative estimate of drug-likeness (QED) is 0.832. The second kappa shape index (κ2) is 6.22. The molecule has 1 aliphatic heterocycles. The Kier molecular flexibility index (Phi) is 4.80. The van der Waals surface area contributed by atoms with Gasteiger partial charge < -0.3 is 5.32 Å². The third-order valence-corrected chi connectivity index (χ3v) is 8.03. The van der Waals surface area contributed by atoms with Crippen molar-refractivity contribution in [2.75, 3.05) is 30.5 Å². The van der Waals surface area contributed by atoms with Crippen molar-refractivity contribution in [3.63, 3.8) is 0 Å². The number of anilines is 1. The Hall–Kier alpha value is -0.950. The molecule has 0 spiro atoms. The average Bonchev–Trinajstić information content (AvgIpc) is 2.34. The summed E-state index contributed by atoms with van der Waals surface area (Å²) in [5, 5.41) is 3.00. The lowest BCUT2D eigenvalue weighted by molar-refractivity contribution is -0.113. The summed E-state index contributed by atoms with van der Waals surface area (Å²) in [5.41, 5.74) is 2.37. The van der Waals surface area contributed by atoms with Crippen molar-refractivity contribution in [3.8, 4) is 0 Å². The molecule has 1 fully saturated rings. The number of rotatable bonds is 3. The zero-order valence-corrected chi connectivity index (χ0v) is 13.5. The molecule has 0 atom stereocenters. The number of hydrogen-bond acceptors (Lipinski definition) is 1. The second-order valence-electron chi connectivity index (χ2n) is 6.25. The van der Waals surface area contributed by atoms with Gasteiger partial charge in [0.15, 0.2) is 0 Å². The van der Waals surface area contributed by atoms with E-state index in [1.165, 1.54) is 43.7 Å². The Bertz CT molecular complexity index is 486. The smallest absolute Gasteiger partial charge is 0.261 e. The van der Waals surface area contributed by atoms with Gasteiger partial charge in [0.2, 0.25) is 0 Å². The first-order valence-corrected chi connectivity index (χ1v) is 10.1. The van der Waals surface area contributed by atoms with E-state index in [-0.39, 0.29) is 11.7 Å². The van der Waals surface area contributed by atoms with Crippen LogP contribution in [0.15, 0.2) is 12.1 Å². The van der Waals surface area contributed by atoms with Crippen LogP contribution in [0, 0.1) is 19.7 Å². The van der Waals surface area contributed by atoms with E-state index >= 15 is 0 Å². The van der Waals surface area contributed by atoms with Crippen LogP contribution in [0.4, 0.5) is 10.1 Å². The molecule has 110 valence electrons. The monoisotopic (exact) mass is 296 g/mol. The first kappa shape index (κ1) is 15.4. The maximum Gasteiger partial charge on any atom is 0.261 e. The number of nitrogens with one attached hydrogen (secondary N) is 1. The lowest BCUT2D eigenvalue weighted by Gasteiger charge is -2.26. The average molecular weight is 296 g/mol. The molecule has 1 saturated heterocycles. The van der Waals surface area contributed by atoms with Crippen molar-refractivity contribution < 1.29 is 9.18 Å². The third kappa shape index (κ3) is 3.79. The van der Waals surface area contributed by atoms with Crippen LogP contribution in [0.1, 0.15) is 30.4 Å². The van der Waals surface area contributed by atoms with E-state index in [4.69, 9.17) is 0 Å². The van der Waals surface area contributed by atoms with Gasteiger partial charge in [0, 0.05) is 19.6 Å². The largest absolute Gasteiger partial charge is 0.322 e. The summed E-state index contributed by atoms with van der Waals surface area (Å²) in [4.78, 5) is 12.3. The number of halogens is 1. The van der Waals surface area contributed by atoms with Gasteiger partial charge in [0.1, 0.15) is 12.0 Å². The van der Waals surface area contributed by atoms with Crippen molar-refractivity contribution in [1.29, 1.82) is 0 Å². The predicted molar refractivity (Wildman–Crippen MR) is 85.8 cm³/mol. The van der Waals surface area contributed by atoms with Crippen LogP contribution in [-0.4, -0.2) is 31.1 Å². The van der Waals surface area contributed by atoms with Crippen LogP contribution >= 0.6 is 7.26 Å². The highest BCUT2D eigenvalue weighted by atomic mass is 31.2. The molecule has 20 heavy (non-hydrogen) atoms. The fourth-order valence-corrected chi connectivity index (χ4v) is 6.35. The molecule has 1 heterocycles. The Morgan fingerprint density at radius 1 is 1.20 bits per heavy atom. The standard InChI is InChI=1S/C16H23FNOP/c1-12-9-14(17)10-13(2)16(12)18-15(19)11-20(3)7-5-4-6-8-20/h9-10H,4-8,11H2,1-3H3/p+1. The van der Waals surface area contributed by atoms with Crippen LogP contribution in [0.25, 0.3) is 0 Å². The maximum atomic E-state index is 13.3. The lowest BCUT2D eigenvalue weighted by Crippen LogP contribution is -2.23. The highest BCUT2D eigenvalue weighted by molar-refractivity contribution is 7.76. The zero-order chi connectivity index (χ0) is 14.8. The van der Waals surface area contributed by atoms with Crippen LogP contribution in [0.2, 0.25) is 0 Å². The van der Waals surface area contributed by atoms with E-state index in [0.29, 0.717) is 6.16 Å². The van der Waals surface area contributed by atoms with E-state index in [1.807, 2.05) is 13.8 Å². The van der Waals surface area contributed by atoms with Gasteiger partial charge in [-0.25, -0.2) is 4.39 Å². The molecule has 0 radical (unpaired) electrons. The number of aryl methyl sites for hydroxylation is 2. The van der Waals surface area contributed by atoms with E-state index in [9.17, 15) is 9.18 Å². The minimum atomic E-state index is -1.08. The van der Waals surface area contributed by atoms with Crippen molar-refractivity contribution >= 4 is 18.9 Å². The summed E-state index contributed by atoms with van der Waals surface area (Å²) < 4.78 is 13.3. The summed E-state index contributed by atoms with van der Waals surface area (Å²) in [7, 11) is -1.08. The van der Waals surface area contributed by atoms with E-state index in [1.54, 1.807) is 0 Å². The molecule has 2 rings (SSSR count). The van der Waals surface area contributed by atoms with Crippen molar-refractivity contribution in [2.45, 2.75) is 33.1 Å². The molecule has 1 aromatic rings. The highest BCUT2D eigenvalue weighted by Crippen LogP contribution is 2.58. The molecule has 2 nitrogen and oxygen atoms in total. The molecule has 1 N–H and O–H groups in total. The Labute approximate surface area is 121 Å². The van der Waals surface area contributed by atoms with Gasteiger partial charge in [-0.15, -0.1) is 0 Å². The van der Waals surface area contributed by atoms with Gasteiger partial charge in [-0.3, -0.25) is 4.79 Å². The zero-order valence-electron chi connectivity index (χ0n) is 12.6. The number of hydrogen-bond donors (Lipinski definition) is 1. The van der Waals surface area contributed by atoms with Crippen molar-refractivity contribution in [2.24, 2.45) is 0 Å². The van der Waals surface area contributed by atoms with Gasteiger partial charge in [-0.2, -0.15) is 0 Å². The van der Waals surface area contributed by atoms with Crippen molar-refractivity contribution in [3.05, 3.63) is 29.1 Å². The van der Waals surface area contributed by atoms with E-state index in [2.05, 4.69) is 12.0 Å². The van der Waals surface area contributed by atoms with Crippen molar-refractivity contribution in [1.82, 2.24) is 0 Å². The molecular weight excluding hydrogens is 272 g/mol. The summed E-state index contributed by atoms with van der Waals surface area (Å²) in [6, 6.07) is 2.94. The summed E-state index contributed by atoms with van der Waals surface area (Å²) in [5.74, 6) is -0.148. The molecule has 0 unspecified atom stereocenters. The minimum Gasteiger partial charge on any atom is -0.322 e. The topological polar surface area (TPSA) is 29.1 Å². The predicted octanol–water partition coefficient (Wildman–Crippen LogP) is 4.21. The summed E-state index contributed by atoms with van der Waals surface area (Å²) >= 11 is 0. The summed E-state index contributed by atoms with van der Waals surface area (Å²) in [6.45, 7) is 5.99. The van der Waals surface area contributed by atoms with Crippen LogP contribution in [-0.2, 0) is 4.79 Å². The van der Waals surface area contributed by atoms with Gasteiger partial charge in [0.05, 0.1) is 12.3 Å². The molecular formula is C16H24FNOP+. The fourth-order valence-electron chi connectivity index (χ4n) is 3.07. The Morgan fingerprint density at radius 3 is 2.30 bits per heavy atom. The SMILES string of the molecule is Cc1cc(F)cc(C)c1NC(=O)C[P+]1(C)CCCCC1. The summed E-state index contributed by atoms with van der Waals surface area (Å²) in [6.07, 6.45) is 7.00. The number of benzene rings is 1.